The van der Waals surface area contributed by atoms with E-state index in [4.69, 9.17) is 5.73 Å². The maximum Gasteiger partial charge on any atom is 0.338 e. The van der Waals surface area contributed by atoms with E-state index in [0.29, 0.717) is 12.2 Å². The Morgan fingerprint density at radius 3 is 2.78 bits per heavy atom. The number of rotatable bonds is 5. The van der Waals surface area contributed by atoms with Crippen LogP contribution < -0.4 is 5.73 Å². The summed E-state index contributed by atoms with van der Waals surface area (Å²) in [6.45, 7) is 1.68. The average Bonchev–Trinajstić information content (AvgIpc) is 2.23. The summed E-state index contributed by atoms with van der Waals surface area (Å²) in [5, 5.41) is 9.20. The third-order valence-corrected chi connectivity index (χ3v) is 3.63. The van der Waals surface area contributed by atoms with Crippen molar-refractivity contribution in [2.45, 2.75) is 25.8 Å². The van der Waals surface area contributed by atoms with Gasteiger partial charge in [0.25, 0.3) is 0 Å². The van der Waals surface area contributed by atoms with Gasteiger partial charge in [0.05, 0.1) is 5.56 Å². The third kappa shape index (κ3) is 2.82. The number of nitrogens with two attached hydrogens (primary N) is 1. The minimum atomic E-state index is -0.944. The first kappa shape index (κ1) is 12.9. The molecular weight excluding hydrogens is 228 g/mol. The lowest BCUT2D eigenvalue weighted by molar-refractivity contribution is 0.0695. The van der Waals surface area contributed by atoms with Gasteiger partial charge in [0.1, 0.15) is 0 Å². The van der Waals surface area contributed by atoms with E-state index in [1.165, 1.54) is 19.3 Å². The number of carboxylic acid groups (broad SMARTS) is 1. The first-order valence-corrected chi connectivity index (χ1v) is 6.37. The molecule has 0 bridgehead atoms. The van der Waals surface area contributed by atoms with Crippen LogP contribution in [-0.4, -0.2) is 29.6 Å². The second kappa shape index (κ2) is 5.40. The van der Waals surface area contributed by atoms with Gasteiger partial charge < -0.3 is 15.7 Å². The lowest BCUT2D eigenvalue weighted by Crippen LogP contribution is -2.29. The second-order valence-electron chi connectivity index (χ2n) is 5.18. The molecule has 4 nitrogen and oxygen atoms in total. The molecule has 98 valence electrons. The molecule has 1 saturated carbocycles. The number of carboxylic acids is 1. The molecule has 0 amide bonds. The van der Waals surface area contributed by atoms with Crippen LogP contribution in [0.15, 0.2) is 18.2 Å². The van der Waals surface area contributed by atoms with Gasteiger partial charge in [-0.05, 0) is 37.4 Å². The molecule has 0 radical (unpaired) electrons. The van der Waals surface area contributed by atoms with Gasteiger partial charge >= 0.3 is 5.97 Å². The highest BCUT2D eigenvalue weighted by Crippen LogP contribution is 2.27. The van der Waals surface area contributed by atoms with Crippen molar-refractivity contribution in [1.82, 2.24) is 4.90 Å². The number of carbonyl (C=O) groups is 1. The van der Waals surface area contributed by atoms with Gasteiger partial charge in [-0.15, -0.1) is 0 Å². The van der Waals surface area contributed by atoms with E-state index >= 15 is 0 Å². The van der Waals surface area contributed by atoms with Crippen molar-refractivity contribution in [3.63, 3.8) is 0 Å². The Labute approximate surface area is 107 Å². The van der Waals surface area contributed by atoms with E-state index in [1.807, 2.05) is 19.2 Å². The van der Waals surface area contributed by atoms with Crippen molar-refractivity contribution in [2.24, 2.45) is 5.92 Å². The molecule has 1 aromatic rings. The number of hydrogen-bond donors (Lipinski definition) is 2. The van der Waals surface area contributed by atoms with Crippen molar-refractivity contribution in [1.29, 1.82) is 0 Å². The fraction of sp³-hybridized carbons (Fsp3) is 0.500. The van der Waals surface area contributed by atoms with Crippen LogP contribution in [0.2, 0.25) is 0 Å². The van der Waals surface area contributed by atoms with Crippen LogP contribution in [0.1, 0.15) is 35.2 Å². The van der Waals surface area contributed by atoms with Gasteiger partial charge in [-0.2, -0.15) is 0 Å². The molecule has 0 atom stereocenters. The molecular formula is C14H20N2O2. The summed E-state index contributed by atoms with van der Waals surface area (Å²) >= 11 is 0. The molecule has 0 aromatic heterocycles. The van der Waals surface area contributed by atoms with Crippen LogP contribution in [0, 0.1) is 5.92 Å². The summed E-state index contributed by atoms with van der Waals surface area (Å²) in [7, 11) is 2.03. The Morgan fingerprint density at radius 2 is 2.22 bits per heavy atom. The molecule has 1 aromatic carbocycles. The molecule has 1 fully saturated rings. The SMILES string of the molecule is CN(Cc1cccc(N)c1C(=O)O)CC1CCC1. The number of anilines is 1. The molecule has 1 aliphatic carbocycles. The van der Waals surface area contributed by atoms with Crippen LogP contribution in [0.3, 0.4) is 0 Å². The van der Waals surface area contributed by atoms with Crippen molar-refractivity contribution in [2.75, 3.05) is 19.3 Å². The Morgan fingerprint density at radius 1 is 1.50 bits per heavy atom. The number of benzene rings is 1. The summed E-state index contributed by atoms with van der Waals surface area (Å²) in [5.74, 6) is -0.163. The highest BCUT2D eigenvalue weighted by Gasteiger charge is 2.20. The Balaban J connectivity index is 2.07. The van der Waals surface area contributed by atoms with Gasteiger partial charge in [-0.3, -0.25) is 0 Å². The van der Waals surface area contributed by atoms with Crippen LogP contribution in [0.5, 0.6) is 0 Å². The zero-order valence-corrected chi connectivity index (χ0v) is 10.7. The lowest BCUT2D eigenvalue weighted by atomic mass is 9.85. The number of aromatic carboxylic acids is 1. The summed E-state index contributed by atoms with van der Waals surface area (Å²) in [6.07, 6.45) is 3.93. The van der Waals surface area contributed by atoms with Crippen LogP contribution in [0.25, 0.3) is 0 Å². The van der Waals surface area contributed by atoms with E-state index in [-0.39, 0.29) is 5.56 Å². The van der Waals surface area contributed by atoms with Crippen molar-refractivity contribution < 1.29 is 9.90 Å². The van der Waals surface area contributed by atoms with E-state index in [0.717, 1.165) is 18.0 Å². The lowest BCUT2D eigenvalue weighted by Gasteiger charge is -2.30. The van der Waals surface area contributed by atoms with Gasteiger partial charge in [0.15, 0.2) is 0 Å². The molecule has 3 N–H and O–H groups in total. The van der Waals surface area contributed by atoms with Gasteiger partial charge in [0, 0.05) is 18.8 Å². The van der Waals surface area contributed by atoms with Crippen molar-refractivity contribution in [3.05, 3.63) is 29.3 Å². The van der Waals surface area contributed by atoms with E-state index in [1.54, 1.807) is 6.07 Å². The van der Waals surface area contributed by atoms with Gasteiger partial charge in [-0.25, -0.2) is 4.79 Å². The van der Waals surface area contributed by atoms with E-state index < -0.39 is 5.97 Å². The fourth-order valence-electron chi connectivity index (χ4n) is 2.48. The first-order chi connectivity index (χ1) is 8.58. The summed E-state index contributed by atoms with van der Waals surface area (Å²) < 4.78 is 0. The fourth-order valence-corrected chi connectivity index (χ4v) is 2.48. The minimum Gasteiger partial charge on any atom is -0.478 e. The van der Waals surface area contributed by atoms with Gasteiger partial charge in [-0.1, -0.05) is 18.6 Å². The maximum atomic E-state index is 11.2. The number of nitrogen functional groups attached to an aromatic ring is 1. The second-order valence-corrected chi connectivity index (χ2v) is 5.18. The molecule has 0 heterocycles. The molecule has 0 spiro atoms. The summed E-state index contributed by atoms with van der Waals surface area (Å²) in [6, 6.07) is 5.30. The standard InChI is InChI=1S/C14H20N2O2/c1-16(8-10-4-2-5-10)9-11-6-3-7-12(15)13(11)14(17)18/h3,6-7,10H,2,4-5,8-9,15H2,1H3,(H,17,18). The minimum absolute atomic E-state index is 0.248. The Bertz CT molecular complexity index is 441. The topological polar surface area (TPSA) is 66.6 Å². The quantitative estimate of drug-likeness (QED) is 0.784. The first-order valence-electron chi connectivity index (χ1n) is 6.37. The Kier molecular flexibility index (Phi) is 3.87. The number of hydrogen-bond acceptors (Lipinski definition) is 3. The van der Waals surface area contributed by atoms with E-state index in [2.05, 4.69) is 4.90 Å². The van der Waals surface area contributed by atoms with Crippen molar-refractivity contribution in [3.8, 4) is 0 Å². The molecule has 4 heteroatoms. The monoisotopic (exact) mass is 248 g/mol. The number of nitrogens with zero attached hydrogens (tertiary/aromatic N) is 1. The average molecular weight is 248 g/mol. The molecule has 1 aliphatic rings. The zero-order chi connectivity index (χ0) is 13.1. The highest BCUT2D eigenvalue weighted by molar-refractivity contribution is 5.95. The van der Waals surface area contributed by atoms with Crippen LogP contribution in [0.4, 0.5) is 5.69 Å². The zero-order valence-electron chi connectivity index (χ0n) is 10.7. The predicted octanol–water partition coefficient (Wildman–Crippen LogP) is 2.20. The van der Waals surface area contributed by atoms with Crippen LogP contribution >= 0.6 is 0 Å². The smallest absolute Gasteiger partial charge is 0.338 e. The van der Waals surface area contributed by atoms with Crippen molar-refractivity contribution >= 4 is 11.7 Å². The molecule has 0 saturated heterocycles. The summed E-state index contributed by atoms with van der Waals surface area (Å²) in [5.41, 5.74) is 7.13. The highest BCUT2D eigenvalue weighted by atomic mass is 16.4. The normalized spacial score (nSPS) is 15.7. The third-order valence-electron chi connectivity index (χ3n) is 3.63. The largest absolute Gasteiger partial charge is 0.478 e. The predicted molar refractivity (Wildman–Crippen MR) is 71.5 cm³/mol. The van der Waals surface area contributed by atoms with Crippen LogP contribution in [-0.2, 0) is 6.54 Å². The van der Waals surface area contributed by atoms with E-state index in [9.17, 15) is 9.90 Å². The molecule has 18 heavy (non-hydrogen) atoms. The van der Waals surface area contributed by atoms with Gasteiger partial charge in [0.2, 0.25) is 0 Å². The summed E-state index contributed by atoms with van der Waals surface area (Å²) in [4.78, 5) is 13.4. The molecule has 0 unspecified atom stereocenters. The Hall–Kier alpha value is -1.55. The maximum absolute atomic E-state index is 11.2. The molecule has 2 rings (SSSR count). The molecule has 0 aliphatic heterocycles.